The monoisotopic (exact) mass is 310 g/mol. The van der Waals surface area contributed by atoms with E-state index >= 15 is 0 Å². The van der Waals surface area contributed by atoms with E-state index in [9.17, 15) is 19.7 Å². The highest BCUT2D eigenvalue weighted by Gasteiger charge is 2.22. The highest BCUT2D eigenvalue weighted by atomic mass is 32.1. The average molecular weight is 310 g/mol. The van der Waals surface area contributed by atoms with Crippen LogP contribution in [0.15, 0.2) is 21.9 Å². The van der Waals surface area contributed by atoms with Gasteiger partial charge in [0.1, 0.15) is 9.80 Å². The lowest BCUT2D eigenvalue weighted by Crippen LogP contribution is -2.14. The van der Waals surface area contributed by atoms with Crippen molar-refractivity contribution in [2.45, 2.75) is 6.92 Å². The minimum Gasteiger partial charge on any atom is -0.465 e. The number of nitrogens with zero attached hydrogens (tertiary/aromatic N) is 1. The molecule has 9 heteroatoms. The maximum absolute atomic E-state index is 12.0. The predicted octanol–water partition coefficient (Wildman–Crippen LogP) is 2.60. The topological polar surface area (TPSA) is 112 Å². The zero-order chi connectivity index (χ0) is 15.6. The summed E-state index contributed by atoms with van der Waals surface area (Å²) in [5.74, 6) is -2.01. The first-order chi connectivity index (χ1) is 9.93. The SMILES string of the molecule is COC(=O)c1scc(C)c1NC(=O)c1ccc([N+](=O)[O-])o1. The third kappa shape index (κ3) is 2.92. The number of nitrogens with one attached hydrogen (secondary N) is 1. The maximum atomic E-state index is 12.0. The summed E-state index contributed by atoms with van der Waals surface area (Å²) in [6, 6.07) is 2.27. The Labute approximate surface area is 122 Å². The van der Waals surface area contributed by atoms with Gasteiger partial charge in [-0.2, -0.15) is 0 Å². The standard InChI is InChI=1S/C12H10N2O6S/c1-6-5-21-10(12(16)19-2)9(6)13-11(15)7-3-4-8(20-7)14(17)18/h3-5H,1-2H3,(H,13,15). The highest BCUT2D eigenvalue weighted by Crippen LogP contribution is 2.29. The minimum absolute atomic E-state index is 0.219. The van der Waals surface area contributed by atoms with Crippen LogP contribution in [0.3, 0.4) is 0 Å². The average Bonchev–Trinajstić information content (AvgIpc) is 3.06. The molecule has 0 aliphatic carbocycles. The summed E-state index contributed by atoms with van der Waals surface area (Å²) in [6.07, 6.45) is 0. The number of ether oxygens (including phenoxy) is 1. The second-order valence-electron chi connectivity index (χ2n) is 3.96. The molecule has 0 spiro atoms. The second-order valence-corrected chi connectivity index (χ2v) is 4.84. The molecule has 0 aliphatic heterocycles. The molecule has 2 aromatic rings. The summed E-state index contributed by atoms with van der Waals surface area (Å²) in [7, 11) is 1.23. The number of hydrogen-bond acceptors (Lipinski definition) is 7. The number of thiophene rings is 1. The molecule has 2 aromatic heterocycles. The molecule has 0 bridgehead atoms. The van der Waals surface area contributed by atoms with E-state index in [2.05, 4.69) is 10.1 Å². The van der Waals surface area contributed by atoms with Gasteiger partial charge in [0.2, 0.25) is 0 Å². The molecular weight excluding hydrogens is 300 g/mol. The first-order valence-electron chi connectivity index (χ1n) is 5.66. The Morgan fingerprint density at radius 2 is 2.14 bits per heavy atom. The van der Waals surface area contributed by atoms with E-state index < -0.39 is 22.7 Å². The van der Waals surface area contributed by atoms with Crippen molar-refractivity contribution in [2.24, 2.45) is 0 Å². The van der Waals surface area contributed by atoms with E-state index in [1.165, 1.54) is 13.2 Å². The molecule has 2 heterocycles. The molecule has 110 valence electrons. The second kappa shape index (κ2) is 5.75. The van der Waals surface area contributed by atoms with Crippen LogP contribution in [0.2, 0.25) is 0 Å². The third-order valence-corrected chi connectivity index (χ3v) is 3.66. The number of methoxy groups -OCH3 is 1. The number of carbonyl (C=O) groups excluding carboxylic acids is 2. The molecule has 0 aromatic carbocycles. The fourth-order valence-electron chi connectivity index (χ4n) is 1.57. The van der Waals surface area contributed by atoms with Gasteiger partial charge in [0.15, 0.2) is 5.76 Å². The van der Waals surface area contributed by atoms with Gasteiger partial charge in [-0.05, 0) is 23.9 Å². The molecule has 0 unspecified atom stereocenters. The van der Waals surface area contributed by atoms with Crippen molar-refractivity contribution in [2.75, 3.05) is 12.4 Å². The molecule has 0 aliphatic rings. The van der Waals surface area contributed by atoms with Crippen LogP contribution in [0.4, 0.5) is 11.6 Å². The number of carbonyl (C=O) groups is 2. The van der Waals surface area contributed by atoms with E-state index in [-0.39, 0.29) is 10.6 Å². The molecule has 1 amide bonds. The minimum atomic E-state index is -0.744. The Hall–Kier alpha value is -2.68. The number of nitro groups is 1. The van der Waals surface area contributed by atoms with Crippen molar-refractivity contribution in [3.8, 4) is 0 Å². The molecule has 0 radical (unpaired) electrons. The van der Waals surface area contributed by atoms with E-state index in [4.69, 9.17) is 4.42 Å². The molecule has 2 rings (SSSR count). The van der Waals surface area contributed by atoms with Gasteiger partial charge < -0.3 is 14.5 Å². The Bertz CT molecular complexity index is 717. The van der Waals surface area contributed by atoms with Crippen molar-refractivity contribution < 1.29 is 23.7 Å². The number of esters is 1. The largest absolute Gasteiger partial charge is 0.465 e. The zero-order valence-electron chi connectivity index (χ0n) is 11.0. The van der Waals surface area contributed by atoms with E-state index in [1.54, 1.807) is 12.3 Å². The Morgan fingerprint density at radius 3 is 2.71 bits per heavy atom. The Kier molecular flexibility index (Phi) is 4.03. The number of anilines is 1. The molecule has 0 saturated carbocycles. The number of rotatable bonds is 4. The first kappa shape index (κ1) is 14.7. The normalized spacial score (nSPS) is 10.2. The maximum Gasteiger partial charge on any atom is 0.433 e. The van der Waals surface area contributed by atoms with Gasteiger partial charge >= 0.3 is 11.9 Å². The van der Waals surface area contributed by atoms with Crippen LogP contribution >= 0.6 is 11.3 Å². The van der Waals surface area contributed by atoms with E-state index in [0.717, 1.165) is 17.4 Å². The lowest BCUT2D eigenvalue weighted by Gasteiger charge is -2.05. The summed E-state index contributed by atoms with van der Waals surface area (Å²) in [5.41, 5.74) is 0.978. The number of amides is 1. The van der Waals surface area contributed by atoms with E-state index in [1.807, 2.05) is 0 Å². The van der Waals surface area contributed by atoms with Crippen LogP contribution in [0, 0.1) is 17.0 Å². The first-order valence-corrected chi connectivity index (χ1v) is 6.54. The van der Waals surface area contributed by atoms with Crippen molar-refractivity contribution in [3.05, 3.63) is 43.8 Å². The molecule has 1 N–H and O–H groups in total. The van der Waals surface area contributed by atoms with Gasteiger partial charge in [0.05, 0.1) is 18.9 Å². The van der Waals surface area contributed by atoms with Crippen molar-refractivity contribution >= 4 is 34.8 Å². The van der Waals surface area contributed by atoms with Gasteiger partial charge in [-0.15, -0.1) is 11.3 Å². The fourth-order valence-corrected chi connectivity index (χ4v) is 2.49. The summed E-state index contributed by atoms with van der Waals surface area (Å²) in [4.78, 5) is 33.6. The van der Waals surface area contributed by atoms with Crippen LogP contribution in [-0.2, 0) is 4.74 Å². The molecular formula is C12H10N2O6S. The molecule has 0 fully saturated rings. The van der Waals surface area contributed by atoms with Crippen molar-refractivity contribution in [3.63, 3.8) is 0 Å². The van der Waals surface area contributed by atoms with Gasteiger partial charge in [-0.25, -0.2) is 4.79 Å². The molecule has 21 heavy (non-hydrogen) atoms. The van der Waals surface area contributed by atoms with Crippen LogP contribution in [0.25, 0.3) is 0 Å². The third-order valence-electron chi connectivity index (χ3n) is 2.58. The predicted molar refractivity (Wildman–Crippen MR) is 73.7 cm³/mol. The van der Waals surface area contributed by atoms with Crippen LogP contribution in [0.1, 0.15) is 25.8 Å². The van der Waals surface area contributed by atoms with Gasteiger partial charge in [-0.1, -0.05) is 0 Å². The van der Waals surface area contributed by atoms with Crippen molar-refractivity contribution in [1.82, 2.24) is 0 Å². The summed E-state index contributed by atoms with van der Waals surface area (Å²) < 4.78 is 9.42. The molecule has 0 atom stereocenters. The Morgan fingerprint density at radius 1 is 1.43 bits per heavy atom. The molecule has 8 nitrogen and oxygen atoms in total. The quantitative estimate of drug-likeness (QED) is 0.527. The van der Waals surface area contributed by atoms with Gasteiger partial charge in [-0.3, -0.25) is 14.9 Å². The van der Waals surface area contributed by atoms with E-state index in [0.29, 0.717) is 11.3 Å². The van der Waals surface area contributed by atoms with Crippen LogP contribution in [0.5, 0.6) is 0 Å². The van der Waals surface area contributed by atoms with Gasteiger partial charge in [0, 0.05) is 0 Å². The number of aryl methyl sites for hydroxylation is 1. The summed E-state index contributed by atoms with van der Waals surface area (Å²) >= 11 is 1.13. The Balaban J connectivity index is 2.25. The fraction of sp³-hybridized carbons (Fsp3) is 0.167. The number of hydrogen-bond donors (Lipinski definition) is 1. The van der Waals surface area contributed by atoms with Crippen molar-refractivity contribution in [1.29, 1.82) is 0 Å². The smallest absolute Gasteiger partial charge is 0.433 e. The summed E-state index contributed by atoms with van der Waals surface area (Å²) in [6.45, 7) is 1.71. The van der Waals surface area contributed by atoms with Crippen LogP contribution in [-0.4, -0.2) is 23.9 Å². The lowest BCUT2D eigenvalue weighted by molar-refractivity contribution is -0.402. The highest BCUT2D eigenvalue weighted by molar-refractivity contribution is 7.12. The lowest BCUT2D eigenvalue weighted by atomic mass is 10.2. The molecule has 0 saturated heterocycles. The number of furan rings is 1. The summed E-state index contributed by atoms with van der Waals surface area (Å²) in [5, 5.41) is 14.7. The van der Waals surface area contributed by atoms with Crippen LogP contribution < -0.4 is 5.32 Å². The zero-order valence-corrected chi connectivity index (χ0v) is 11.9. The van der Waals surface area contributed by atoms with Gasteiger partial charge in [0.25, 0.3) is 5.91 Å².